The van der Waals surface area contributed by atoms with Crippen LogP contribution in [-0.4, -0.2) is 28.6 Å². The predicted octanol–water partition coefficient (Wildman–Crippen LogP) is 4.34. The number of sulfonamides is 1. The normalized spacial score (nSPS) is 16.1. The Morgan fingerprint density at radius 1 is 0.964 bits per heavy atom. The van der Waals surface area contributed by atoms with Crippen molar-refractivity contribution in [3.05, 3.63) is 53.1 Å². The van der Waals surface area contributed by atoms with Gasteiger partial charge in [-0.25, -0.2) is 13.1 Å². The van der Waals surface area contributed by atoms with E-state index in [0.717, 1.165) is 24.2 Å². The molecule has 3 rings (SSSR count). The van der Waals surface area contributed by atoms with E-state index in [9.17, 15) is 8.42 Å². The highest BCUT2D eigenvalue weighted by Gasteiger charge is 2.22. The molecule has 28 heavy (non-hydrogen) atoms. The van der Waals surface area contributed by atoms with Gasteiger partial charge in [-0.15, -0.1) is 0 Å². The summed E-state index contributed by atoms with van der Waals surface area (Å²) in [6.07, 6.45) is 3.77. The molecule has 0 saturated carbocycles. The molecule has 2 aromatic rings. The fourth-order valence-corrected chi connectivity index (χ4v) is 5.31. The van der Waals surface area contributed by atoms with Crippen molar-refractivity contribution in [3.8, 4) is 5.75 Å². The predicted molar refractivity (Wildman–Crippen MR) is 114 cm³/mol. The lowest BCUT2D eigenvalue weighted by atomic mass is 10.1. The molecule has 1 aliphatic heterocycles. The quantitative estimate of drug-likeness (QED) is 0.781. The second-order valence-electron chi connectivity index (χ2n) is 7.50. The standard InChI is InChI=1S/C22H30N2O3S/c1-16-17(2)22(13-12-21(16)27-4)28(25,26)23-18(3)19-8-10-20(11-9-19)24-14-6-5-7-15-24/h8-13,18,23H,5-7,14-15H2,1-4H3/t18-/m1/s1. The van der Waals surface area contributed by atoms with E-state index in [4.69, 9.17) is 4.74 Å². The highest BCUT2D eigenvalue weighted by Crippen LogP contribution is 2.28. The van der Waals surface area contributed by atoms with Crippen LogP contribution in [0.2, 0.25) is 0 Å². The number of benzene rings is 2. The zero-order valence-electron chi connectivity index (χ0n) is 17.2. The lowest BCUT2D eigenvalue weighted by Crippen LogP contribution is -2.29. The van der Waals surface area contributed by atoms with Gasteiger partial charge in [0.1, 0.15) is 5.75 Å². The molecule has 152 valence electrons. The van der Waals surface area contributed by atoms with E-state index in [1.165, 1.54) is 24.9 Å². The van der Waals surface area contributed by atoms with Crippen LogP contribution in [0, 0.1) is 13.8 Å². The maximum atomic E-state index is 12.9. The van der Waals surface area contributed by atoms with E-state index in [2.05, 4.69) is 21.8 Å². The van der Waals surface area contributed by atoms with E-state index >= 15 is 0 Å². The minimum absolute atomic E-state index is 0.294. The fourth-order valence-electron chi connectivity index (χ4n) is 3.77. The number of hydrogen-bond acceptors (Lipinski definition) is 4. The Balaban J connectivity index is 1.76. The summed E-state index contributed by atoms with van der Waals surface area (Å²) in [6.45, 7) is 7.74. The van der Waals surface area contributed by atoms with Gasteiger partial charge >= 0.3 is 0 Å². The second kappa shape index (κ2) is 8.53. The molecule has 5 nitrogen and oxygen atoms in total. The van der Waals surface area contributed by atoms with Gasteiger partial charge in [0.15, 0.2) is 0 Å². The van der Waals surface area contributed by atoms with Gasteiger partial charge in [-0.2, -0.15) is 0 Å². The minimum atomic E-state index is -3.63. The van der Waals surface area contributed by atoms with Crippen LogP contribution in [-0.2, 0) is 10.0 Å². The molecule has 0 aliphatic carbocycles. The summed E-state index contributed by atoms with van der Waals surface area (Å²) >= 11 is 0. The lowest BCUT2D eigenvalue weighted by Gasteiger charge is -2.29. The summed E-state index contributed by atoms with van der Waals surface area (Å²) in [5.74, 6) is 0.692. The Morgan fingerprint density at radius 2 is 1.61 bits per heavy atom. The van der Waals surface area contributed by atoms with Crippen LogP contribution in [0.15, 0.2) is 41.3 Å². The Bertz CT molecular complexity index is 918. The molecule has 0 amide bonds. The zero-order valence-corrected chi connectivity index (χ0v) is 18.0. The van der Waals surface area contributed by atoms with Crippen molar-refractivity contribution >= 4 is 15.7 Å². The number of nitrogens with zero attached hydrogens (tertiary/aromatic N) is 1. The van der Waals surface area contributed by atoms with Gasteiger partial charge in [-0.05, 0) is 81.0 Å². The molecule has 1 fully saturated rings. The molecule has 0 bridgehead atoms. The first-order valence-corrected chi connectivity index (χ1v) is 11.3. The Hall–Kier alpha value is -2.05. The van der Waals surface area contributed by atoms with Crippen LogP contribution in [0.4, 0.5) is 5.69 Å². The number of methoxy groups -OCH3 is 1. The maximum Gasteiger partial charge on any atom is 0.241 e. The van der Waals surface area contributed by atoms with Gasteiger partial charge in [0.05, 0.1) is 12.0 Å². The Labute approximate surface area is 168 Å². The average Bonchev–Trinajstić information content (AvgIpc) is 2.70. The SMILES string of the molecule is COc1ccc(S(=O)(=O)N[C@H](C)c2ccc(N3CCCCC3)cc2)c(C)c1C. The third-order valence-electron chi connectivity index (χ3n) is 5.64. The van der Waals surface area contributed by atoms with Gasteiger partial charge in [0.2, 0.25) is 10.0 Å². The largest absolute Gasteiger partial charge is 0.496 e. The van der Waals surface area contributed by atoms with E-state index in [1.54, 1.807) is 19.2 Å². The first kappa shape index (κ1) is 20.7. The number of piperidine rings is 1. The van der Waals surface area contributed by atoms with Crippen LogP contribution >= 0.6 is 0 Å². The van der Waals surface area contributed by atoms with E-state index in [1.807, 2.05) is 32.9 Å². The number of ether oxygens (including phenoxy) is 1. The van der Waals surface area contributed by atoms with Crippen molar-refractivity contribution in [2.45, 2.75) is 51.0 Å². The molecule has 1 N–H and O–H groups in total. The summed E-state index contributed by atoms with van der Waals surface area (Å²) in [4.78, 5) is 2.69. The summed E-state index contributed by atoms with van der Waals surface area (Å²) in [6, 6.07) is 11.2. The highest BCUT2D eigenvalue weighted by atomic mass is 32.2. The summed E-state index contributed by atoms with van der Waals surface area (Å²) < 4.78 is 34.0. The molecule has 1 saturated heterocycles. The molecule has 0 radical (unpaired) electrons. The summed E-state index contributed by atoms with van der Waals surface area (Å²) in [5, 5.41) is 0. The fraction of sp³-hybridized carbons (Fsp3) is 0.455. The van der Waals surface area contributed by atoms with Gasteiger partial charge in [-0.3, -0.25) is 0 Å². The number of rotatable bonds is 6. The molecule has 1 aliphatic rings. The lowest BCUT2D eigenvalue weighted by molar-refractivity contribution is 0.410. The first-order chi connectivity index (χ1) is 13.3. The topological polar surface area (TPSA) is 58.6 Å². The van der Waals surface area contributed by atoms with Crippen molar-refractivity contribution in [1.82, 2.24) is 4.72 Å². The summed E-state index contributed by atoms with van der Waals surface area (Å²) in [5.41, 5.74) is 3.70. The van der Waals surface area contributed by atoms with Crippen LogP contribution in [0.5, 0.6) is 5.75 Å². The van der Waals surface area contributed by atoms with Crippen molar-refractivity contribution in [1.29, 1.82) is 0 Å². The molecule has 0 unspecified atom stereocenters. The highest BCUT2D eigenvalue weighted by molar-refractivity contribution is 7.89. The van der Waals surface area contributed by atoms with Gasteiger partial charge in [-0.1, -0.05) is 12.1 Å². The molecule has 0 aromatic heterocycles. The van der Waals surface area contributed by atoms with Crippen molar-refractivity contribution < 1.29 is 13.2 Å². The van der Waals surface area contributed by atoms with Crippen molar-refractivity contribution in [2.75, 3.05) is 25.1 Å². The van der Waals surface area contributed by atoms with Gasteiger partial charge < -0.3 is 9.64 Å². The molecule has 1 heterocycles. The van der Waals surface area contributed by atoms with E-state index in [-0.39, 0.29) is 6.04 Å². The number of nitrogens with one attached hydrogen (secondary N) is 1. The number of anilines is 1. The average molecular weight is 403 g/mol. The molecular weight excluding hydrogens is 372 g/mol. The van der Waals surface area contributed by atoms with E-state index < -0.39 is 10.0 Å². The molecule has 1 atom stereocenters. The van der Waals surface area contributed by atoms with Crippen molar-refractivity contribution in [2.24, 2.45) is 0 Å². The van der Waals surface area contributed by atoms with E-state index in [0.29, 0.717) is 16.2 Å². The van der Waals surface area contributed by atoms with Crippen molar-refractivity contribution in [3.63, 3.8) is 0 Å². The Morgan fingerprint density at radius 3 is 2.21 bits per heavy atom. The number of hydrogen-bond donors (Lipinski definition) is 1. The molecule has 6 heteroatoms. The third-order valence-corrected chi connectivity index (χ3v) is 7.33. The van der Waals surface area contributed by atoms with Gasteiger partial charge in [0, 0.05) is 24.8 Å². The zero-order chi connectivity index (χ0) is 20.3. The van der Waals surface area contributed by atoms with Crippen LogP contribution in [0.1, 0.15) is 48.9 Å². The molecule has 2 aromatic carbocycles. The van der Waals surface area contributed by atoms with Crippen LogP contribution in [0.3, 0.4) is 0 Å². The third kappa shape index (κ3) is 4.33. The summed E-state index contributed by atoms with van der Waals surface area (Å²) in [7, 11) is -2.05. The van der Waals surface area contributed by atoms with Crippen LogP contribution < -0.4 is 14.4 Å². The molecule has 0 spiro atoms. The monoisotopic (exact) mass is 402 g/mol. The second-order valence-corrected chi connectivity index (χ2v) is 9.18. The maximum absolute atomic E-state index is 12.9. The van der Waals surface area contributed by atoms with Gasteiger partial charge in [0.25, 0.3) is 0 Å². The van der Waals surface area contributed by atoms with Crippen LogP contribution in [0.25, 0.3) is 0 Å². The Kier molecular flexibility index (Phi) is 6.30. The minimum Gasteiger partial charge on any atom is -0.496 e. The first-order valence-electron chi connectivity index (χ1n) is 9.85. The molecular formula is C22H30N2O3S. The smallest absolute Gasteiger partial charge is 0.241 e.